The van der Waals surface area contributed by atoms with Gasteiger partial charge >= 0.3 is 130 Å². The van der Waals surface area contributed by atoms with Gasteiger partial charge in [-0.1, -0.05) is 29.8 Å². The van der Waals surface area contributed by atoms with Crippen molar-refractivity contribution >= 4 is 45.7 Å². The van der Waals surface area contributed by atoms with E-state index in [9.17, 15) is 0 Å². The maximum absolute atomic E-state index is 2.38. The van der Waals surface area contributed by atoms with E-state index >= 15 is 0 Å². The Balaban J connectivity index is 0.000000210. The third-order valence-electron chi connectivity index (χ3n) is 4.92. The molecule has 0 saturated heterocycles. The van der Waals surface area contributed by atoms with E-state index in [1.54, 1.807) is 0 Å². The predicted octanol–water partition coefficient (Wildman–Crippen LogP) is 7.27. The summed E-state index contributed by atoms with van der Waals surface area (Å²) in [7, 11) is 4.24. The van der Waals surface area contributed by atoms with Crippen molar-refractivity contribution in [2.24, 2.45) is 14.1 Å². The molecule has 0 bridgehead atoms. The Morgan fingerprint density at radius 1 is 0.710 bits per heavy atom. The molecule has 0 amide bonds. The Bertz CT molecular complexity index is 1100. The quantitative estimate of drug-likeness (QED) is 0.156. The molecule has 0 fully saturated rings. The van der Waals surface area contributed by atoms with Crippen LogP contribution in [-0.4, -0.2) is 10.5 Å². The van der Waals surface area contributed by atoms with Crippen LogP contribution in [-0.2, 0) is 40.0 Å². The maximum atomic E-state index is 2.38. The number of imidazole rings is 1. The molecule has 31 heavy (non-hydrogen) atoms. The second-order valence-corrected chi connectivity index (χ2v) is 12.4. The molecule has 3 aromatic carbocycles. The Labute approximate surface area is 223 Å². The van der Waals surface area contributed by atoms with Crippen LogP contribution in [0.25, 0.3) is 22.5 Å². The van der Waals surface area contributed by atoms with Gasteiger partial charge in [-0.05, 0) is 12.5 Å². The molecule has 0 aliphatic rings. The van der Waals surface area contributed by atoms with E-state index < -0.39 is 0 Å². The number of hydrogen-bond donors (Lipinski definition) is 0. The molecule has 0 radical (unpaired) electrons. The first-order chi connectivity index (χ1) is 14.9. The van der Waals surface area contributed by atoms with Crippen LogP contribution >= 0.6 is 45.7 Å². The van der Waals surface area contributed by atoms with Crippen LogP contribution in [0.15, 0.2) is 84.9 Å². The van der Waals surface area contributed by atoms with Crippen molar-refractivity contribution in [1.29, 1.82) is 0 Å². The van der Waals surface area contributed by atoms with E-state index in [1.807, 2.05) is 0 Å². The van der Waals surface area contributed by atoms with Crippen molar-refractivity contribution in [3.63, 3.8) is 0 Å². The summed E-state index contributed by atoms with van der Waals surface area (Å²) in [6.45, 7) is 3.11. The first-order valence-electron chi connectivity index (χ1n) is 9.85. The number of halogens is 2. The van der Waals surface area contributed by atoms with Crippen LogP contribution in [0.3, 0.4) is 0 Å². The average molecular weight is 816 g/mol. The van der Waals surface area contributed by atoms with Crippen LogP contribution in [0.5, 0.6) is 0 Å². The standard InChI is InChI=1S/C17H16N2.C8H9I2N.Pt/c1-18-13-19(2)17(15-11-7-4-8-12-15)16(18)14-9-5-3-6-10-14;1-7-2-4-8(5-3-7)6-11(9)10;/h3-12H,1-2H3;2-5H,6H2,1H3;. The number of hydrogen-bond acceptors (Lipinski definition) is 1. The summed E-state index contributed by atoms with van der Waals surface area (Å²) >= 11 is 6.93. The van der Waals surface area contributed by atoms with Gasteiger partial charge in [-0.2, -0.15) is 1.33 Å². The minimum atomic E-state index is 1.00. The molecule has 0 aliphatic heterocycles. The second-order valence-electron chi connectivity index (χ2n) is 7.24. The Morgan fingerprint density at radius 2 is 1.13 bits per heavy atom. The normalized spacial score (nSPS) is 10.7. The van der Waals surface area contributed by atoms with Gasteiger partial charge < -0.3 is 0 Å². The molecule has 0 saturated carbocycles. The third kappa shape index (κ3) is 6.50. The molecule has 0 aliphatic carbocycles. The molecule has 164 valence electrons. The molecule has 0 spiro atoms. The molecular weight excluding hydrogens is 791 g/mol. The summed E-state index contributed by atoms with van der Waals surface area (Å²) in [5, 5.41) is 0. The molecule has 6 heteroatoms. The Hall–Kier alpha value is -1.02. The van der Waals surface area contributed by atoms with Gasteiger partial charge in [0.2, 0.25) is 0 Å². The van der Waals surface area contributed by atoms with Crippen LogP contribution in [0.2, 0.25) is 0 Å². The number of rotatable bonds is 4. The number of benzene rings is 3. The summed E-state index contributed by atoms with van der Waals surface area (Å²) in [4.78, 5) is 0. The number of nitrogens with zero attached hydrogens (tertiary/aromatic N) is 3. The van der Waals surface area contributed by atoms with Gasteiger partial charge in [0.15, 0.2) is 0 Å². The van der Waals surface area contributed by atoms with E-state index in [-0.39, 0.29) is 0 Å². The van der Waals surface area contributed by atoms with Crippen molar-refractivity contribution in [3.8, 4) is 22.5 Å². The Morgan fingerprint density at radius 3 is 1.52 bits per heavy atom. The molecule has 0 N–H and O–H groups in total. The van der Waals surface area contributed by atoms with E-state index in [0.29, 0.717) is 0 Å². The second kappa shape index (κ2) is 11.7. The predicted molar refractivity (Wildman–Crippen MR) is 143 cm³/mol. The summed E-state index contributed by atoms with van der Waals surface area (Å²) in [6, 6.07) is 29.7. The fraction of sp³-hybridized carbons (Fsp3) is 0.160. The third-order valence-corrected chi connectivity index (χ3v) is 7.13. The van der Waals surface area contributed by atoms with Crippen LogP contribution in [0.4, 0.5) is 0 Å². The number of aromatic nitrogens is 2. The molecule has 3 nitrogen and oxygen atoms in total. The van der Waals surface area contributed by atoms with Crippen molar-refractivity contribution in [2.45, 2.75) is 13.5 Å². The fourth-order valence-electron chi connectivity index (χ4n) is 3.40. The summed E-state index contributed by atoms with van der Waals surface area (Å²) < 4.78 is 7.82. The molecule has 4 aromatic rings. The zero-order valence-electron chi connectivity index (χ0n) is 17.7. The Kier molecular flexibility index (Phi) is 9.31. The molecule has 1 aromatic heterocycles. The SMILES string of the molecule is Cc1ccc(CN(I)I)cc1.Cn1c(-c2ccccc2)c(-c2ccccc2)n(C)[c]1=[Pt]. The van der Waals surface area contributed by atoms with Gasteiger partial charge in [0.25, 0.3) is 0 Å². The monoisotopic (exact) mass is 816 g/mol. The van der Waals surface area contributed by atoms with E-state index in [1.165, 1.54) is 37.4 Å². The van der Waals surface area contributed by atoms with E-state index in [4.69, 9.17) is 0 Å². The van der Waals surface area contributed by atoms with Gasteiger partial charge in [-0.25, -0.2) is 0 Å². The minimum absolute atomic E-state index is 1.00. The molecule has 4 rings (SSSR count). The van der Waals surface area contributed by atoms with Crippen molar-refractivity contribution in [2.75, 3.05) is 0 Å². The van der Waals surface area contributed by atoms with Crippen LogP contribution < -0.4 is 0 Å². The van der Waals surface area contributed by atoms with Gasteiger partial charge in [0, 0.05) is 52.3 Å². The molecule has 1 heterocycles. The fourth-order valence-corrected chi connectivity index (χ4v) is 4.69. The van der Waals surface area contributed by atoms with Crippen LogP contribution in [0, 0.1) is 10.7 Å². The first-order valence-corrected chi connectivity index (χ1v) is 12.9. The van der Waals surface area contributed by atoms with E-state index in [0.717, 1.165) is 6.54 Å². The first kappa shape index (κ1) is 24.6. The zero-order valence-corrected chi connectivity index (χ0v) is 24.3. The number of aryl methyl sites for hydroxylation is 1. The zero-order chi connectivity index (χ0) is 22.4. The van der Waals surface area contributed by atoms with Crippen molar-refractivity contribution in [1.82, 2.24) is 10.5 Å². The van der Waals surface area contributed by atoms with Crippen molar-refractivity contribution < 1.29 is 19.4 Å². The molecular formula is C25H25I2N3Pt. The van der Waals surface area contributed by atoms with Gasteiger partial charge in [-0.15, -0.1) is 0 Å². The van der Waals surface area contributed by atoms with Crippen LogP contribution in [0.1, 0.15) is 11.1 Å². The summed E-state index contributed by atoms with van der Waals surface area (Å²) in [6.07, 6.45) is 0. The topological polar surface area (TPSA) is 13.1 Å². The summed E-state index contributed by atoms with van der Waals surface area (Å²) in [5.41, 5.74) is 7.68. The van der Waals surface area contributed by atoms with Crippen molar-refractivity contribution in [3.05, 3.63) is 99.9 Å². The molecule has 0 atom stereocenters. The molecule has 0 unspecified atom stereocenters. The average Bonchev–Trinajstić information content (AvgIpc) is 3.01. The van der Waals surface area contributed by atoms with Gasteiger partial charge in [-0.3, -0.25) is 0 Å². The van der Waals surface area contributed by atoms with E-state index in [2.05, 4.69) is 181 Å². The van der Waals surface area contributed by atoms with Gasteiger partial charge in [0.05, 0.1) is 0 Å². The summed E-state index contributed by atoms with van der Waals surface area (Å²) in [5.74, 6) is 0. The van der Waals surface area contributed by atoms with Gasteiger partial charge in [0.1, 0.15) is 0 Å².